The van der Waals surface area contributed by atoms with Crippen molar-refractivity contribution in [2.75, 3.05) is 27.3 Å². The molecule has 0 spiro atoms. The minimum Gasteiger partial charge on any atom is -0.497 e. The van der Waals surface area contributed by atoms with E-state index >= 15 is 0 Å². The first-order valence-corrected chi connectivity index (χ1v) is 6.94. The van der Waals surface area contributed by atoms with E-state index in [0.717, 1.165) is 37.2 Å². The van der Waals surface area contributed by atoms with Gasteiger partial charge < -0.3 is 20.1 Å². The fourth-order valence-electron chi connectivity index (χ4n) is 2.42. The van der Waals surface area contributed by atoms with Gasteiger partial charge in [0.05, 0.1) is 20.6 Å². The number of hydrogen-bond acceptors (Lipinski definition) is 4. The molecule has 0 aromatic heterocycles. The van der Waals surface area contributed by atoms with Crippen LogP contribution in [0.2, 0.25) is 0 Å². The maximum atomic E-state index is 12.1. The molecule has 1 aliphatic heterocycles. The van der Waals surface area contributed by atoms with Gasteiger partial charge in [-0.1, -0.05) is 6.07 Å². The second-order valence-corrected chi connectivity index (χ2v) is 4.97. The topological polar surface area (TPSA) is 59.6 Å². The minimum absolute atomic E-state index is 0.0298. The smallest absolute Gasteiger partial charge is 0.224 e. The highest BCUT2D eigenvalue weighted by Gasteiger charge is 2.16. The normalized spacial score (nSPS) is 18.4. The van der Waals surface area contributed by atoms with Crippen molar-refractivity contribution in [3.8, 4) is 11.5 Å². The van der Waals surface area contributed by atoms with E-state index in [1.807, 2.05) is 12.1 Å². The summed E-state index contributed by atoms with van der Waals surface area (Å²) in [5.41, 5.74) is 0.870. The quantitative estimate of drug-likeness (QED) is 0.847. The Balaban J connectivity index is 1.96. The summed E-state index contributed by atoms with van der Waals surface area (Å²) in [7, 11) is 3.21. The summed E-state index contributed by atoms with van der Waals surface area (Å²) in [4.78, 5) is 12.1. The van der Waals surface area contributed by atoms with Crippen LogP contribution in [0.4, 0.5) is 0 Å². The molecule has 0 bridgehead atoms. The maximum absolute atomic E-state index is 12.1. The van der Waals surface area contributed by atoms with Crippen LogP contribution in [0.5, 0.6) is 11.5 Å². The van der Waals surface area contributed by atoms with Gasteiger partial charge in [-0.15, -0.1) is 0 Å². The Morgan fingerprint density at radius 3 is 2.90 bits per heavy atom. The van der Waals surface area contributed by atoms with Crippen molar-refractivity contribution < 1.29 is 14.3 Å². The Hall–Kier alpha value is -1.75. The average Bonchev–Trinajstić information content (AvgIpc) is 2.48. The molecule has 0 saturated carbocycles. The van der Waals surface area contributed by atoms with E-state index in [9.17, 15) is 4.79 Å². The monoisotopic (exact) mass is 278 g/mol. The van der Waals surface area contributed by atoms with Gasteiger partial charge >= 0.3 is 0 Å². The lowest BCUT2D eigenvalue weighted by Gasteiger charge is -2.24. The lowest BCUT2D eigenvalue weighted by molar-refractivity contribution is -0.121. The predicted octanol–water partition coefficient (Wildman–Crippen LogP) is 1.11. The zero-order chi connectivity index (χ0) is 14.4. The summed E-state index contributed by atoms with van der Waals surface area (Å²) in [6.07, 6.45) is 2.47. The van der Waals surface area contributed by atoms with Gasteiger partial charge in [-0.2, -0.15) is 0 Å². The van der Waals surface area contributed by atoms with E-state index in [-0.39, 0.29) is 11.9 Å². The Bertz CT molecular complexity index is 456. The van der Waals surface area contributed by atoms with E-state index in [0.29, 0.717) is 12.2 Å². The minimum atomic E-state index is 0.0298. The lowest BCUT2D eigenvalue weighted by atomic mass is 10.1. The second-order valence-electron chi connectivity index (χ2n) is 4.97. The molecule has 1 aromatic carbocycles. The van der Waals surface area contributed by atoms with Crippen LogP contribution in [0.25, 0.3) is 0 Å². The van der Waals surface area contributed by atoms with Crippen LogP contribution in [0.15, 0.2) is 18.2 Å². The maximum Gasteiger partial charge on any atom is 0.224 e. The van der Waals surface area contributed by atoms with Crippen LogP contribution in [0.1, 0.15) is 18.4 Å². The van der Waals surface area contributed by atoms with Crippen molar-refractivity contribution in [2.45, 2.75) is 25.3 Å². The van der Waals surface area contributed by atoms with Crippen LogP contribution in [0.3, 0.4) is 0 Å². The van der Waals surface area contributed by atoms with Gasteiger partial charge in [0.25, 0.3) is 0 Å². The largest absolute Gasteiger partial charge is 0.497 e. The molecule has 0 aliphatic carbocycles. The summed E-state index contributed by atoms with van der Waals surface area (Å²) >= 11 is 0. The van der Waals surface area contributed by atoms with Crippen LogP contribution in [-0.4, -0.2) is 39.3 Å². The van der Waals surface area contributed by atoms with Gasteiger partial charge in [-0.25, -0.2) is 0 Å². The lowest BCUT2D eigenvalue weighted by Crippen LogP contribution is -2.46. The second kappa shape index (κ2) is 7.14. The molecule has 5 nitrogen and oxygen atoms in total. The van der Waals surface area contributed by atoms with E-state index in [2.05, 4.69) is 10.6 Å². The molecule has 1 atom stereocenters. The number of piperidine rings is 1. The zero-order valence-corrected chi connectivity index (χ0v) is 12.1. The van der Waals surface area contributed by atoms with Crippen molar-refractivity contribution in [1.82, 2.24) is 10.6 Å². The van der Waals surface area contributed by atoms with Crippen molar-refractivity contribution in [3.63, 3.8) is 0 Å². The molecule has 20 heavy (non-hydrogen) atoms. The van der Waals surface area contributed by atoms with Gasteiger partial charge in [0.15, 0.2) is 0 Å². The SMILES string of the molecule is COc1ccc(CC(=O)NC2CCCNC2)c(OC)c1. The van der Waals surface area contributed by atoms with Crippen molar-refractivity contribution in [1.29, 1.82) is 0 Å². The van der Waals surface area contributed by atoms with Crippen LogP contribution in [0, 0.1) is 0 Å². The van der Waals surface area contributed by atoms with E-state index in [4.69, 9.17) is 9.47 Å². The highest BCUT2D eigenvalue weighted by molar-refractivity contribution is 5.79. The summed E-state index contributed by atoms with van der Waals surface area (Å²) in [5, 5.41) is 6.34. The summed E-state index contributed by atoms with van der Waals surface area (Å²) in [5.74, 6) is 1.44. The molecular weight excluding hydrogens is 256 g/mol. The number of nitrogens with one attached hydrogen (secondary N) is 2. The van der Waals surface area contributed by atoms with Crippen LogP contribution in [-0.2, 0) is 11.2 Å². The van der Waals surface area contributed by atoms with E-state index < -0.39 is 0 Å². The third-order valence-electron chi connectivity index (χ3n) is 3.51. The predicted molar refractivity (Wildman–Crippen MR) is 77.3 cm³/mol. The number of methoxy groups -OCH3 is 2. The summed E-state index contributed by atoms with van der Waals surface area (Å²) in [6.45, 7) is 1.89. The van der Waals surface area contributed by atoms with Crippen molar-refractivity contribution >= 4 is 5.91 Å². The highest BCUT2D eigenvalue weighted by Crippen LogP contribution is 2.24. The first kappa shape index (κ1) is 14.7. The van der Waals surface area contributed by atoms with Gasteiger partial charge in [0.2, 0.25) is 5.91 Å². The summed E-state index contributed by atoms with van der Waals surface area (Å²) < 4.78 is 10.5. The zero-order valence-electron chi connectivity index (χ0n) is 12.1. The van der Waals surface area contributed by atoms with E-state index in [1.165, 1.54) is 0 Å². The molecule has 1 aliphatic rings. The third kappa shape index (κ3) is 3.87. The van der Waals surface area contributed by atoms with E-state index in [1.54, 1.807) is 20.3 Å². The number of ether oxygens (including phenoxy) is 2. The fourth-order valence-corrected chi connectivity index (χ4v) is 2.42. The Morgan fingerprint density at radius 1 is 1.40 bits per heavy atom. The molecule has 1 amide bonds. The fraction of sp³-hybridized carbons (Fsp3) is 0.533. The number of hydrogen-bond donors (Lipinski definition) is 2. The van der Waals surface area contributed by atoms with Crippen molar-refractivity contribution in [3.05, 3.63) is 23.8 Å². The van der Waals surface area contributed by atoms with Crippen molar-refractivity contribution in [2.24, 2.45) is 0 Å². The molecule has 1 fully saturated rings. The van der Waals surface area contributed by atoms with Gasteiger partial charge in [0.1, 0.15) is 11.5 Å². The number of rotatable bonds is 5. The van der Waals surface area contributed by atoms with Gasteiger partial charge in [0, 0.05) is 24.2 Å². The standard InChI is InChI=1S/C15H22N2O3/c1-19-13-6-5-11(14(9-13)20-2)8-15(18)17-12-4-3-7-16-10-12/h5-6,9,12,16H,3-4,7-8,10H2,1-2H3,(H,17,18). The molecule has 1 aromatic rings. The van der Waals surface area contributed by atoms with Gasteiger partial charge in [-0.05, 0) is 25.5 Å². The molecule has 1 heterocycles. The number of carbonyl (C=O) groups is 1. The molecule has 5 heteroatoms. The molecule has 0 radical (unpaired) electrons. The third-order valence-corrected chi connectivity index (χ3v) is 3.51. The molecule has 1 unspecified atom stereocenters. The molecule has 110 valence electrons. The summed E-state index contributed by atoms with van der Waals surface area (Å²) in [6, 6.07) is 5.74. The van der Waals surface area contributed by atoms with Gasteiger partial charge in [-0.3, -0.25) is 4.79 Å². The Morgan fingerprint density at radius 2 is 2.25 bits per heavy atom. The first-order valence-electron chi connectivity index (χ1n) is 6.94. The number of carbonyl (C=O) groups excluding carboxylic acids is 1. The Labute approximate surface area is 119 Å². The molecule has 2 N–H and O–H groups in total. The number of benzene rings is 1. The number of amides is 1. The van der Waals surface area contributed by atoms with Crippen LogP contribution >= 0.6 is 0 Å². The first-order chi connectivity index (χ1) is 9.72. The molecule has 1 saturated heterocycles. The molecule has 2 rings (SSSR count). The van der Waals surface area contributed by atoms with Crippen LogP contribution < -0.4 is 20.1 Å². The average molecular weight is 278 g/mol. The molecular formula is C15H22N2O3. The Kier molecular flexibility index (Phi) is 5.24. The highest BCUT2D eigenvalue weighted by atomic mass is 16.5.